The van der Waals surface area contributed by atoms with Crippen LogP contribution in [0.15, 0.2) is 30.3 Å². The fourth-order valence-corrected chi connectivity index (χ4v) is 4.05. The van der Waals surface area contributed by atoms with Gasteiger partial charge >= 0.3 is 0 Å². The van der Waals surface area contributed by atoms with Crippen LogP contribution in [-0.2, 0) is 11.3 Å². The summed E-state index contributed by atoms with van der Waals surface area (Å²) in [6, 6.07) is 10.8. The minimum atomic E-state index is 0.668. The second-order valence-electron chi connectivity index (χ2n) is 6.82. The average molecular weight is 346 g/mol. The van der Waals surface area contributed by atoms with E-state index in [9.17, 15) is 0 Å². The molecule has 1 aromatic carbocycles. The number of fused-ring (bicyclic) bond motifs is 1. The van der Waals surface area contributed by atoms with Crippen LogP contribution in [-0.4, -0.2) is 60.2 Å². The molecular formula is C19H24ClN3O. The summed E-state index contributed by atoms with van der Waals surface area (Å²) in [6.45, 7) is 7.15. The van der Waals surface area contributed by atoms with Gasteiger partial charge in [0.25, 0.3) is 0 Å². The molecule has 2 aromatic rings. The van der Waals surface area contributed by atoms with Crippen LogP contribution in [0.2, 0.25) is 5.02 Å². The van der Waals surface area contributed by atoms with Crippen molar-refractivity contribution in [1.82, 2.24) is 14.8 Å². The molecule has 128 valence electrons. The number of hydrogen-bond donors (Lipinski definition) is 0. The van der Waals surface area contributed by atoms with E-state index in [0.717, 1.165) is 61.0 Å². The number of piperidine rings is 1. The van der Waals surface area contributed by atoms with Gasteiger partial charge in [-0.05, 0) is 43.7 Å². The second-order valence-corrected chi connectivity index (χ2v) is 7.26. The second kappa shape index (κ2) is 7.36. The van der Waals surface area contributed by atoms with Crippen LogP contribution in [0, 0.1) is 0 Å². The fraction of sp³-hybridized carbons (Fsp3) is 0.526. The van der Waals surface area contributed by atoms with Crippen molar-refractivity contribution in [2.24, 2.45) is 0 Å². The predicted octanol–water partition coefficient (Wildman–Crippen LogP) is 3.18. The smallest absolute Gasteiger partial charge is 0.0706 e. The van der Waals surface area contributed by atoms with Crippen LogP contribution < -0.4 is 0 Å². The molecule has 0 saturated carbocycles. The van der Waals surface area contributed by atoms with Crippen molar-refractivity contribution in [3.05, 3.63) is 41.0 Å². The quantitative estimate of drug-likeness (QED) is 0.854. The number of likely N-dealkylation sites (tertiary alicyclic amines) is 1. The van der Waals surface area contributed by atoms with Crippen molar-refractivity contribution < 1.29 is 4.74 Å². The predicted molar refractivity (Wildman–Crippen MR) is 97.4 cm³/mol. The number of halogens is 1. The van der Waals surface area contributed by atoms with Crippen LogP contribution in [0.4, 0.5) is 0 Å². The van der Waals surface area contributed by atoms with Gasteiger partial charge in [0.05, 0.1) is 24.4 Å². The Kier molecular flexibility index (Phi) is 4.99. The Labute approximate surface area is 148 Å². The van der Waals surface area contributed by atoms with Gasteiger partial charge in [-0.15, -0.1) is 0 Å². The number of benzene rings is 1. The van der Waals surface area contributed by atoms with E-state index in [-0.39, 0.29) is 0 Å². The zero-order valence-corrected chi connectivity index (χ0v) is 14.7. The lowest BCUT2D eigenvalue weighted by Crippen LogP contribution is -2.51. The summed E-state index contributed by atoms with van der Waals surface area (Å²) in [4.78, 5) is 9.97. The Hall–Kier alpha value is -1.20. The number of morpholine rings is 1. The molecule has 2 saturated heterocycles. The highest BCUT2D eigenvalue weighted by Crippen LogP contribution is 2.21. The SMILES string of the molecule is Clc1ccc2nc(CN3CCCC(N4CCOCC4)C3)ccc2c1. The van der Waals surface area contributed by atoms with E-state index >= 15 is 0 Å². The average Bonchev–Trinajstić information content (AvgIpc) is 2.63. The molecule has 3 heterocycles. The third kappa shape index (κ3) is 3.72. The number of aromatic nitrogens is 1. The number of nitrogens with zero attached hydrogens (tertiary/aromatic N) is 3. The zero-order valence-electron chi connectivity index (χ0n) is 14.0. The van der Waals surface area contributed by atoms with Gasteiger partial charge in [0.1, 0.15) is 0 Å². The maximum atomic E-state index is 6.05. The first-order valence-electron chi connectivity index (χ1n) is 8.87. The maximum absolute atomic E-state index is 6.05. The molecule has 0 bridgehead atoms. The first-order chi connectivity index (χ1) is 11.8. The topological polar surface area (TPSA) is 28.6 Å². The summed E-state index contributed by atoms with van der Waals surface area (Å²) in [5.41, 5.74) is 2.17. The van der Waals surface area contributed by atoms with Gasteiger partial charge in [0, 0.05) is 42.6 Å². The summed E-state index contributed by atoms with van der Waals surface area (Å²) >= 11 is 6.05. The first-order valence-corrected chi connectivity index (χ1v) is 9.25. The number of pyridine rings is 1. The van der Waals surface area contributed by atoms with E-state index in [1.54, 1.807) is 0 Å². The first kappa shape index (κ1) is 16.3. The molecular weight excluding hydrogens is 322 g/mol. The third-order valence-electron chi connectivity index (χ3n) is 5.14. The summed E-state index contributed by atoms with van der Waals surface area (Å²) in [7, 11) is 0. The molecule has 4 rings (SSSR count). The molecule has 5 heteroatoms. The molecule has 2 fully saturated rings. The Morgan fingerprint density at radius 2 is 2.00 bits per heavy atom. The largest absolute Gasteiger partial charge is 0.379 e. The van der Waals surface area contributed by atoms with E-state index in [2.05, 4.69) is 21.9 Å². The van der Waals surface area contributed by atoms with Crippen molar-refractivity contribution in [1.29, 1.82) is 0 Å². The van der Waals surface area contributed by atoms with Crippen LogP contribution in [0.1, 0.15) is 18.5 Å². The Morgan fingerprint density at radius 1 is 1.12 bits per heavy atom. The Bertz CT molecular complexity index is 702. The molecule has 2 aliphatic rings. The molecule has 0 N–H and O–H groups in total. The van der Waals surface area contributed by atoms with Gasteiger partial charge in [-0.1, -0.05) is 17.7 Å². The summed E-state index contributed by atoms with van der Waals surface area (Å²) in [5, 5.41) is 1.87. The molecule has 0 radical (unpaired) electrons. The molecule has 1 atom stereocenters. The number of ether oxygens (including phenoxy) is 1. The molecule has 1 aromatic heterocycles. The Balaban J connectivity index is 1.43. The van der Waals surface area contributed by atoms with E-state index in [1.807, 2.05) is 18.2 Å². The minimum Gasteiger partial charge on any atom is -0.379 e. The zero-order chi connectivity index (χ0) is 16.4. The van der Waals surface area contributed by atoms with Gasteiger partial charge in [-0.25, -0.2) is 0 Å². The highest BCUT2D eigenvalue weighted by molar-refractivity contribution is 6.31. The fourth-order valence-electron chi connectivity index (χ4n) is 3.87. The Morgan fingerprint density at radius 3 is 2.88 bits per heavy atom. The van der Waals surface area contributed by atoms with Crippen LogP contribution in [0.5, 0.6) is 0 Å². The lowest BCUT2D eigenvalue weighted by atomic mass is 10.0. The molecule has 4 nitrogen and oxygen atoms in total. The summed E-state index contributed by atoms with van der Waals surface area (Å²) < 4.78 is 5.49. The molecule has 0 amide bonds. The van der Waals surface area contributed by atoms with E-state index in [0.29, 0.717) is 6.04 Å². The van der Waals surface area contributed by atoms with Gasteiger partial charge in [0.15, 0.2) is 0 Å². The molecule has 1 unspecified atom stereocenters. The normalized spacial score (nSPS) is 23.6. The van der Waals surface area contributed by atoms with Crippen LogP contribution in [0.25, 0.3) is 10.9 Å². The number of rotatable bonds is 3. The van der Waals surface area contributed by atoms with Crippen molar-refractivity contribution in [2.45, 2.75) is 25.4 Å². The lowest BCUT2D eigenvalue weighted by molar-refractivity contribution is -0.00370. The molecule has 24 heavy (non-hydrogen) atoms. The molecule has 0 spiro atoms. The van der Waals surface area contributed by atoms with E-state index in [1.165, 1.54) is 19.4 Å². The maximum Gasteiger partial charge on any atom is 0.0706 e. The monoisotopic (exact) mass is 345 g/mol. The van der Waals surface area contributed by atoms with E-state index in [4.69, 9.17) is 21.3 Å². The van der Waals surface area contributed by atoms with Crippen molar-refractivity contribution in [3.8, 4) is 0 Å². The minimum absolute atomic E-state index is 0.668. The standard InChI is InChI=1S/C19H24ClN3O/c20-16-4-6-19-15(12-16)3-5-17(21-19)13-22-7-1-2-18(14-22)23-8-10-24-11-9-23/h3-6,12,18H,1-2,7-11,13-14H2. The van der Waals surface area contributed by atoms with Crippen molar-refractivity contribution in [3.63, 3.8) is 0 Å². The third-order valence-corrected chi connectivity index (χ3v) is 5.37. The molecule has 2 aliphatic heterocycles. The summed E-state index contributed by atoms with van der Waals surface area (Å²) in [5.74, 6) is 0. The van der Waals surface area contributed by atoms with Gasteiger partial charge in [-0.3, -0.25) is 14.8 Å². The van der Waals surface area contributed by atoms with Gasteiger partial charge in [0.2, 0.25) is 0 Å². The van der Waals surface area contributed by atoms with Gasteiger partial charge < -0.3 is 4.74 Å². The van der Waals surface area contributed by atoms with Crippen LogP contribution >= 0.6 is 11.6 Å². The number of hydrogen-bond acceptors (Lipinski definition) is 4. The molecule has 0 aliphatic carbocycles. The lowest BCUT2D eigenvalue weighted by Gasteiger charge is -2.40. The summed E-state index contributed by atoms with van der Waals surface area (Å²) in [6.07, 6.45) is 2.57. The van der Waals surface area contributed by atoms with Crippen LogP contribution in [0.3, 0.4) is 0 Å². The highest BCUT2D eigenvalue weighted by Gasteiger charge is 2.26. The van der Waals surface area contributed by atoms with Gasteiger partial charge in [-0.2, -0.15) is 0 Å². The van der Waals surface area contributed by atoms with Crippen molar-refractivity contribution in [2.75, 3.05) is 39.4 Å². The highest BCUT2D eigenvalue weighted by atomic mass is 35.5. The van der Waals surface area contributed by atoms with E-state index < -0.39 is 0 Å². The van der Waals surface area contributed by atoms with Crippen molar-refractivity contribution >= 4 is 22.5 Å².